The lowest BCUT2D eigenvalue weighted by molar-refractivity contribution is -0.122. The molecule has 1 aliphatic carbocycles. The van der Waals surface area contributed by atoms with Gasteiger partial charge < -0.3 is 16.0 Å². The van der Waals surface area contributed by atoms with Gasteiger partial charge in [-0.25, -0.2) is 4.68 Å². The summed E-state index contributed by atoms with van der Waals surface area (Å²) in [5.41, 5.74) is 5.85. The molecule has 8 heteroatoms. The first-order valence-electron chi connectivity index (χ1n) is 7.92. The largest absolute Gasteiger partial charge is 0.368 e. The van der Waals surface area contributed by atoms with Gasteiger partial charge in [0.05, 0.1) is 0 Å². The van der Waals surface area contributed by atoms with E-state index in [1.54, 1.807) is 17.1 Å². The van der Waals surface area contributed by atoms with Crippen molar-refractivity contribution < 1.29 is 4.79 Å². The van der Waals surface area contributed by atoms with Crippen LogP contribution in [0.15, 0.2) is 24.5 Å². The number of aromatic nitrogens is 4. The SMILES string of the molecule is Nc1nc(N2CCC[C@H]2C(=O)NC2CC2)cc(-n2cccn2)n1. The van der Waals surface area contributed by atoms with Crippen molar-refractivity contribution in [2.75, 3.05) is 17.2 Å². The van der Waals surface area contributed by atoms with Crippen LogP contribution in [0.25, 0.3) is 5.82 Å². The average Bonchev–Trinajstić information content (AvgIpc) is 3.06. The van der Waals surface area contributed by atoms with Gasteiger partial charge in [0.15, 0.2) is 5.82 Å². The van der Waals surface area contributed by atoms with Crippen LogP contribution in [0.4, 0.5) is 11.8 Å². The fraction of sp³-hybridized carbons (Fsp3) is 0.467. The Bertz CT molecular complexity index is 711. The molecule has 23 heavy (non-hydrogen) atoms. The minimum absolute atomic E-state index is 0.0859. The van der Waals surface area contributed by atoms with Crippen LogP contribution in [0, 0.1) is 0 Å². The lowest BCUT2D eigenvalue weighted by Gasteiger charge is -2.25. The number of rotatable bonds is 4. The summed E-state index contributed by atoms with van der Waals surface area (Å²) >= 11 is 0. The first-order valence-corrected chi connectivity index (χ1v) is 7.92. The van der Waals surface area contributed by atoms with Crippen LogP contribution in [-0.4, -0.2) is 44.3 Å². The number of nitrogens with one attached hydrogen (secondary N) is 1. The minimum Gasteiger partial charge on any atom is -0.368 e. The Morgan fingerprint density at radius 3 is 2.83 bits per heavy atom. The number of nitrogens with zero attached hydrogens (tertiary/aromatic N) is 5. The van der Waals surface area contributed by atoms with Gasteiger partial charge in [0.1, 0.15) is 11.9 Å². The van der Waals surface area contributed by atoms with E-state index >= 15 is 0 Å². The zero-order valence-corrected chi connectivity index (χ0v) is 12.7. The molecule has 0 spiro atoms. The first-order chi connectivity index (χ1) is 11.2. The summed E-state index contributed by atoms with van der Waals surface area (Å²) in [5, 5.41) is 7.25. The quantitative estimate of drug-likeness (QED) is 0.852. The van der Waals surface area contributed by atoms with E-state index in [4.69, 9.17) is 5.73 Å². The molecule has 2 aromatic heterocycles. The number of nitrogen functional groups attached to an aromatic ring is 1. The first kappa shape index (κ1) is 14.0. The molecule has 1 atom stereocenters. The topological polar surface area (TPSA) is 102 Å². The van der Waals surface area contributed by atoms with Gasteiger partial charge in [-0.3, -0.25) is 4.79 Å². The van der Waals surface area contributed by atoms with E-state index in [-0.39, 0.29) is 17.9 Å². The molecule has 2 aromatic rings. The van der Waals surface area contributed by atoms with Crippen LogP contribution >= 0.6 is 0 Å². The molecular weight excluding hydrogens is 294 g/mol. The van der Waals surface area contributed by atoms with Gasteiger partial charge in [-0.15, -0.1) is 0 Å². The Morgan fingerprint density at radius 1 is 1.26 bits per heavy atom. The molecule has 0 unspecified atom stereocenters. The zero-order valence-electron chi connectivity index (χ0n) is 12.7. The molecule has 0 aromatic carbocycles. The summed E-state index contributed by atoms with van der Waals surface area (Å²) in [6.07, 6.45) is 7.45. The maximum absolute atomic E-state index is 12.4. The van der Waals surface area contributed by atoms with Gasteiger partial charge in [0, 0.05) is 31.0 Å². The van der Waals surface area contributed by atoms with E-state index in [9.17, 15) is 4.79 Å². The highest BCUT2D eigenvalue weighted by atomic mass is 16.2. The molecule has 2 aliphatic rings. The third-order valence-electron chi connectivity index (χ3n) is 4.23. The van der Waals surface area contributed by atoms with E-state index in [0.29, 0.717) is 17.7 Å². The molecule has 0 radical (unpaired) electrons. The summed E-state index contributed by atoms with van der Waals surface area (Å²) < 4.78 is 1.64. The highest BCUT2D eigenvalue weighted by Crippen LogP contribution is 2.27. The van der Waals surface area contributed by atoms with Gasteiger partial charge in [-0.2, -0.15) is 15.1 Å². The Labute approximate surface area is 133 Å². The number of hydrogen-bond donors (Lipinski definition) is 2. The second-order valence-electron chi connectivity index (χ2n) is 6.03. The lowest BCUT2D eigenvalue weighted by atomic mass is 10.2. The predicted octanol–water partition coefficient (Wildman–Crippen LogP) is 0.492. The summed E-state index contributed by atoms with van der Waals surface area (Å²) in [6.45, 7) is 0.789. The Hall–Kier alpha value is -2.64. The smallest absolute Gasteiger partial charge is 0.242 e. The molecular formula is C15H19N7O. The van der Waals surface area contributed by atoms with Crippen LogP contribution in [-0.2, 0) is 4.79 Å². The van der Waals surface area contributed by atoms with Gasteiger partial charge >= 0.3 is 0 Å². The van der Waals surface area contributed by atoms with E-state index < -0.39 is 0 Å². The number of carbonyl (C=O) groups excluding carboxylic acids is 1. The number of anilines is 2. The van der Waals surface area contributed by atoms with E-state index in [1.165, 1.54) is 0 Å². The molecule has 8 nitrogen and oxygen atoms in total. The number of hydrogen-bond acceptors (Lipinski definition) is 6. The number of amides is 1. The monoisotopic (exact) mass is 313 g/mol. The number of nitrogens with two attached hydrogens (primary N) is 1. The van der Waals surface area contributed by atoms with Gasteiger partial charge in [0.2, 0.25) is 11.9 Å². The molecule has 4 rings (SSSR count). The summed E-state index contributed by atoms with van der Waals surface area (Å²) in [7, 11) is 0. The van der Waals surface area contributed by atoms with Crippen LogP contribution < -0.4 is 16.0 Å². The molecule has 0 bridgehead atoms. The highest BCUT2D eigenvalue weighted by molar-refractivity contribution is 5.86. The normalized spacial score (nSPS) is 20.7. The van der Waals surface area contributed by atoms with Gasteiger partial charge in [-0.1, -0.05) is 0 Å². The van der Waals surface area contributed by atoms with Crippen molar-refractivity contribution in [1.29, 1.82) is 0 Å². The van der Waals surface area contributed by atoms with Crippen molar-refractivity contribution in [3.05, 3.63) is 24.5 Å². The molecule has 1 aliphatic heterocycles. The zero-order chi connectivity index (χ0) is 15.8. The minimum atomic E-state index is -0.185. The Balaban J connectivity index is 1.62. The summed E-state index contributed by atoms with van der Waals surface area (Å²) in [5.74, 6) is 1.55. The van der Waals surface area contributed by atoms with E-state index in [2.05, 4.69) is 20.4 Å². The second kappa shape index (κ2) is 5.53. The van der Waals surface area contributed by atoms with Gasteiger partial charge in [0.25, 0.3) is 0 Å². The van der Waals surface area contributed by atoms with E-state index in [1.807, 2.05) is 17.0 Å². The highest BCUT2D eigenvalue weighted by Gasteiger charge is 2.35. The average molecular weight is 313 g/mol. The lowest BCUT2D eigenvalue weighted by Crippen LogP contribution is -2.44. The third kappa shape index (κ3) is 2.84. The molecule has 1 saturated heterocycles. The van der Waals surface area contributed by atoms with Crippen LogP contribution in [0.1, 0.15) is 25.7 Å². The van der Waals surface area contributed by atoms with Gasteiger partial charge in [-0.05, 0) is 31.7 Å². The van der Waals surface area contributed by atoms with Crippen molar-refractivity contribution in [2.45, 2.75) is 37.8 Å². The fourth-order valence-electron chi connectivity index (χ4n) is 2.95. The summed E-state index contributed by atoms with van der Waals surface area (Å²) in [4.78, 5) is 23.0. The Morgan fingerprint density at radius 2 is 2.09 bits per heavy atom. The van der Waals surface area contributed by atoms with Crippen LogP contribution in [0.5, 0.6) is 0 Å². The van der Waals surface area contributed by atoms with Crippen molar-refractivity contribution in [3.8, 4) is 5.82 Å². The third-order valence-corrected chi connectivity index (χ3v) is 4.23. The molecule has 1 amide bonds. The van der Waals surface area contributed by atoms with Crippen molar-refractivity contribution >= 4 is 17.7 Å². The summed E-state index contributed by atoms with van der Waals surface area (Å²) in [6, 6.07) is 3.82. The Kier molecular flexibility index (Phi) is 3.36. The molecule has 3 N–H and O–H groups in total. The number of carbonyl (C=O) groups is 1. The standard InChI is InChI=1S/C15H19N7O/c16-15-19-12(9-13(20-15)22-8-2-6-17-22)21-7-1-3-11(21)14(23)18-10-4-5-10/h2,6,8-11H,1,3-5,7H2,(H,18,23)(H2,16,19,20)/t11-/m0/s1. The van der Waals surface area contributed by atoms with E-state index in [0.717, 1.165) is 32.2 Å². The second-order valence-corrected chi connectivity index (χ2v) is 6.03. The maximum Gasteiger partial charge on any atom is 0.242 e. The molecule has 120 valence electrons. The maximum atomic E-state index is 12.4. The van der Waals surface area contributed by atoms with Crippen LogP contribution in [0.2, 0.25) is 0 Å². The fourth-order valence-corrected chi connectivity index (χ4v) is 2.95. The molecule has 1 saturated carbocycles. The van der Waals surface area contributed by atoms with Crippen molar-refractivity contribution in [1.82, 2.24) is 25.1 Å². The molecule has 2 fully saturated rings. The van der Waals surface area contributed by atoms with Crippen molar-refractivity contribution in [2.24, 2.45) is 0 Å². The predicted molar refractivity (Wildman–Crippen MR) is 85.1 cm³/mol. The van der Waals surface area contributed by atoms with Crippen LogP contribution in [0.3, 0.4) is 0 Å². The molecule has 3 heterocycles. The van der Waals surface area contributed by atoms with Crippen molar-refractivity contribution in [3.63, 3.8) is 0 Å².